The van der Waals surface area contributed by atoms with Crippen LogP contribution in [-0.2, 0) is 0 Å². The number of aromatic nitrogens is 4. The van der Waals surface area contributed by atoms with Crippen LogP contribution in [0.5, 0.6) is 0 Å². The maximum Gasteiger partial charge on any atom is 0.280 e. The number of fused-ring (bicyclic) bond motifs is 3. The molecule has 4 aromatic rings. The molecule has 0 atom stereocenters. The first kappa shape index (κ1) is 11.8. The summed E-state index contributed by atoms with van der Waals surface area (Å²) in [5.74, 6) is 0. The fourth-order valence-electron chi connectivity index (χ4n) is 2.45. The van der Waals surface area contributed by atoms with E-state index in [0.717, 1.165) is 16.8 Å². The quantitative estimate of drug-likeness (QED) is 0.581. The summed E-state index contributed by atoms with van der Waals surface area (Å²) in [6.45, 7) is 2.01. The van der Waals surface area contributed by atoms with Crippen LogP contribution in [-0.4, -0.2) is 19.7 Å². The zero-order valence-electron chi connectivity index (χ0n) is 11.4. The monoisotopic (exact) mass is 276 g/mol. The summed E-state index contributed by atoms with van der Waals surface area (Å²) >= 11 is 0. The topological polar surface area (TPSA) is 63.6 Å². The zero-order chi connectivity index (χ0) is 14.4. The molecule has 1 aromatic carbocycles. The average molecular weight is 276 g/mol. The molecule has 3 aromatic heterocycles. The second kappa shape index (κ2) is 4.28. The van der Waals surface area contributed by atoms with Crippen LogP contribution in [0.3, 0.4) is 0 Å². The molecule has 0 aliphatic heterocycles. The third kappa shape index (κ3) is 1.74. The lowest BCUT2D eigenvalue weighted by Crippen LogP contribution is -2.14. The Hall–Kier alpha value is -2.95. The van der Waals surface area contributed by atoms with Crippen molar-refractivity contribution in [1.29, 1.82) is 0 Å². The highest BCUT2D eigenvalue weighted by Crippen LogP contribution is 2.18. The van der Waals surface area contributed by atoms with Gasteiger partial charge >= 0.3 is 0 Å². The Morgan fingerprint density at radius 3 is 2.71 bits per heavy atom. The number of rotatable bonds is 1. The van der Waals surface area contributed by atoms with Gasteiger partial charge in [0.1, 0.15) is 5.52 Å². The maximum atomic E-state index is 12.5. The number of hydrogen-bond acceptors (Lipinski definition) is 3. The third-order valence-corrected chi connectivity index (χ3v) is 3.57. The van der Waals surface area contributed by atoms with Crippen LogP contribution >= 0.6 is 0 Å². The summed E-state index contributed by atoms with van der Waals surface area (Å²) in [5.41, 5.74) is 4.02. The van der Waals surface area contributed by atoms with Crippen LogP contribution in [0, 0.1) is 6.92 Å². The summed E-state index contributed by atoms with van der Waals surface area (Å²) in [7, 11) is 0. The Kier molecular flexibility index (Phi) is 2.41. The summed E-state index contributed by atoms with van der Waals surface area (Å²) in [6, 6.07) is 11.5. The summed E-state index contributed by atoms with van der Waals surface area (Å²) < 4.78 is 1.53. The lowest BCUT2D eigenvalue weighted by Gasteiger charge is -2.01. The third-order valence-electron chi connectivity index (χ3n) is 3.57. The van der Waals surface area contributed by atoms with Crippen molar-refractivity contribution < 1.29 is 0 Å². The SMILES string of the molecule is Cc1ccc(-n2[nH]c3c(cnc4cccnc43)c2=O)cc1. The van der Waals surface area contributed by atoms with Crippen LogP contribution < -0.4 is 5.56 Å². The van der Waals surface area contributed by atoms with E-state index < -0.39 is 0 Å². The minimum absolute atomic E-state index is 0.117. The van der Waals surface area contributed by atoms with Gasteiger partial charge in [-0.25, -0.2) is 4.68 Å². The molecule has 4 rings (SSSR count). The first-order valence-electron chi connectivity index (χ1n) is 6.65. The van der Waals surface area contributed by atoms with Gasteiger partial charge in [0.25, 0.3) is 5.56 Å². The Bertz CT molecular complexity index is 1010. The van der Waals surface area contributed by atoms with Gasteiger partial charge in [-0.3, -0.25) is 19.9 Å². The molecule has 0 aliphatic carbocycles. The molecule has 21 heavy (non-hydrogen) atoms. The van der Waals surface area contributed by atoms with Crippen LogP contribution in [0.2, 0.25) is 0 Å². The van der Waals surface area contributed by atoms with Gasteiger partial charge in [0, 0.05) is 12.4 Å². The van der Waals surface area contributed by atoms with E-state index >= 15 is 0 Å². The van der Waals surface area contributed by atoms with Crippen molar-refractivity contribution in [3.8, 4) is 5.69 Å². The van der Waals surface area contributed by atoms with Crippen LogP contribution in [0.4, 0.5) is 0 Å². The maximum absolute atomic E-state index is 12.5. The average Bonchev–Trinajstić information content (AvgIpc) is 2.86. The molecule has 0 radical (unpaired) electrons. The van der Waals surface area contributed by atoms with Crippen molar-refractivity contribution in [1.82, 2.24) is 19.7 Å². The molecule has 0 bridgehead atoms. The Labute approximate surface area is 119 Å². The number of aromatic amines is 1. The number of hydrogen-bond donors (Lipinski definition) is 1. The molecule has 5 heteroatoms. The van der Waals surface area contributed by atoms with Crippen LogP contribution in [0.1, 0.15) is 5.56 Å². The smallest absolute Gasteiger partial charge is 0.280 e. The fourth-order valence-corrected chi connectivity index (χ4v) is 2.45. The molecule has 0 spiro atoms. The molecule has 102 valence electrons. The highest BCUT2D eigenvalue weighted by molar-refractivity contribution is 5.99. The molecule has 3 heterocycles. The Balaban J connectivity index is 2.07. The van der Waals surface area contributed by atoms with Crippen LogP contribution in [0.15, 0.2) is 53.6 Å². The van der Waals surface area contributed by atoms with E-state index in [9.17, 15) is 4.79 Å². The van der Waals surface area contributed by atoms with E-state index in [4.69, 9.17) is 0 Å². The number of pyridine rings is 2. The minimum atomic E-state index is -0.117. The summed E-state index contributed by atoms with van der Waals surface area (Å²) in [4.78, 5) is 21.1. The first-order chi connectivity index (χ1) is 10.2. The van der Waals surface area contributed by atoms with Gasteiger partial charge in [0.2, 0.25) is 0 Å². The lowest BCUT2D eigenvalue weighted by atomic mass is 10.2. The van der Waals surface area contributed by atoms with Crippen molar-refractivity contribution in [3.63, 3.8) is 0 Å². The molecule has 0 saturated heterocycles. The Morgan fingerprint density at radius 2 is 1.90 bits per heavy atom. The predicted octanol–water partition coefficient (Wildman–Crippen LogP) is 2.57. The van der Waals surface area contributed by atoms with Gasteiger partial charge < -0.3 is 0 Å². The number of H-pyrrole nitrogens is 1. The van der Waals surface area contributed by atoms with Crippen molar-refractivity contribution in [2.24, 2.45) is 0 Å². The van der Waals surface area contributed by atoms with Gasteiger partial charge in [-0.2, -0.15) is 0 Å². The molecular formula is C16H12N4O. The van der Waals surface area contributed by atoms with Crippen molar-refractivity contribution in [2.75, 3.05) is 0 Å². The molecule has 0 aliphatic rings. The Morgan fingerprint density at radius 1 is 1.10 bits per heavy atom. The van der Waals surface area contributed by atoms with E-state index in [2.05, 4.69) is 15.1 Å². The van der Waals surface area contributed by atoms with Gasteiger partial charge in [0.15, 0.2) is 0 Å². The summed E-state index contributed by atoms with van der Waals surface area (Å²) in [5, 5.41) is 3.69. The van der Waals surface area contributed by atoms with E-state index in [0.29, 0.717) is 16.4 Å². The van der Waals surface area contributed by atoms with E-state index in [-0.39, 0.29) is 5.56 Å². The highest BCUT2D eigenvalue weighted by atomic mass is 16.1. The van der Waals surface area contributed by atoms with Gasteiger partial charge in [-0.1, -0.05) is 17.7 Å². The minimum Gasteiger partial charge on any atom is -0.288 e. The number of benzene rings is 1. The summed E-state index contributed by atoms with van der Waals surface area (Å²) in [6.07, 6.45) is 3.30. The van der Waals surface area contributed by atoms with Gasteiger partial charge in [-0.15, -0.1) is 0 Å². The fraction of sp³-hybridized carbons (Fsp3) is 0.0625. The largest absolute Gasteiger partial charge is 0.288 e. The van der Waals surface area contributed by atoms with Crippen LogP contribution in [0.25, 0.3) is 27.6 Å². The second-order valence-corrected chi connectivity index (χ2v) is 5.01. The van der Waals surface area contributed by atoms with E-state index in [1.54, 1.807) is 12.4 Å². The number of nitrogens with one attached hydrogen (secondary N) is 1. The molecule has 0 amide bonds. The second-order valence-electron chi connectivity index (χ2n) is 5.01. The van der Waals surface area contributed by atoms with Crippen molar-refractivity contribution in [3.05, 3.63) is 64.7 Å². The molecule has 1 N–H and O–H groups in total. The lowest BCUT2D eigenvalue weighted by molar-refractivity contribution is 0.864. The standard InChI is InChI=1S/C16H12N4O/c1-10-4-6-11(7-5-10)20-16(21)12-9-18-13-3-2-8-17-15(13)14(12)19-20/h2-9,19H,1H3. The van der Waals surface area contributed by atoms with Gasteiger partial charge in [-0.05, 0) is 31.2 Å². The molecule has 0 unspecified atom stereocenters. The molecule has 5 nitrogen and oxygen atoms in total. The normalized spacial score (nSPS) is 11.3. The van der Waals surface area contributed by atoms with E-state index in [1.807, 2.05) is 43.3 Å². The van der Waals surface area contributed by atoms with E-state index in [1.165, 1.54) is 4.68 Å². The van der Waals surface area contributed by atoms with Gasteiger partial charge in [0.05, 0.1) is 22.1 Å². The van der Waals surface area contributed by atoms with Crippen molar-refractivity contribution >= 4 is 21.9 Å². The zero-order valence-corrected chi connectivity index (χ0v) is 11.4. The first-order valence-corrected chi connectivity index (χ1v) is 6.65. The number of nitrogens with zero attached hydrogens (tertiary/aromatic N) is 3. The molecule has 0 fully saturated rings. The molecule has 0 saturated carbocycles. The number of aryl methyl sites for hydroxylation is 1. The highest BCUT2D eigenvalue weighted by Gasteiger charge is 2.12. The van der Waals surface area contributed by atoms with Crippen molar-refractivity contribution in [2.45, 2.75) is 6.92 Å². The molecular weight excluding hydrogens is 264 g/mol. The predicted molar refractivity (Wildman–Crippen MR) is 81.7 cm³/mol.